The van der Waals surface area contributed by atoms with Gasteiger partial charge in [-0.05, 0) is 105 Å². The maximum absolute atomic E-state index is 13.2. The average molecular weight is 587 g/mol. The summed E-state index contributed by atoms with van der Waals surface area (Å²) in [6, 6.07) is 11.6. The monoisotopic (exact) mass is 586 g/mol. The lowest BCUT2D eigenvalue weighted by atomic mass is 9.70. The van der Waals surface area contributed by atoms with Crippen molar-refractivity contribution in [3.8, 4) is 5.75 Å². The highest BCUT2D eigenvalue weighted by Crippen LogP contribution is 2.41. The number of aryl methyl sites for hydroxylation is 1. The molecule has 0 bridgehead atoms. The molecule has 40 heavy (non-hydrogen) atoms. The molecule has 1 aliphatic heterocycles. The quantitative estimate of drug-likeness (QED) is 0.250. The van der Waals surface area contributed by atoms with Crippen LogP contribution >= 0.6 is 11.6 Å². The maximum Gasteiger partial charge on any atom is 0.284 e. The van der Waals surface area contributed by atoms with Gasteiger partial charge in [-0.3, -0.25) is 9.00 Å². The summed E-state index contributed by atoms with van der Waals surface area (Å²) >= 11 is 6.40. The lowest BCUT2D eigenvalue weighted by Crippen LogP contribution is -2.43. The van der Waals surface area contributed by atoms with Gasteiger partial charge in [-0.2, -0.15) is 4.36 Å². The van der Waals surface area contributed by atoms with Gasteiger partial charge in [0.15, 0.2) is 0 Å². The van der Waals surface area contributed by atoms with E-state index in [1.807, 2.05) is 25.1 Å². The Hall–Kier alpha value is -2.35. The van der Waals surface area contributed by atoms with Gasteiger partial charge in [0.25, 0.3) is 5.91 Å². The number of nitrogens with zero attached hydrogens (tertiary/aromatic N) is 2. The van der Waals surface area contributed by atoms with E-state index in [9.17, 15) is 9.00 Å². The van der Waals surface area contributed by atoms with Crippen LogP contribution in [0.1, 0.15) is 67.4 Å². The van der Waals surface area contributed by atoms with Crippen molar-refractivity contribution in [1.82, 2.24) is 0 Å². The normalized spacial score (nSPS) is 21.6. The molecule has 1 amide bonds. The molecule has 0 spiro atoms. The third kappa shape index (κ3) is 7.89. The molecule has 1 heterocycles. The number of carbonyl (C=O) groups excluding carboxylic acids is 1. The molecule has 8 heteroatoms. The molecule has 6 nitrogen and oxygen atoms in total. The fourth-order valence-electron chi connectivity index (χ4n) is 5.78. The van der Waals surface area contributed by atoms with E-state index < -0.39 is 16.5 Å². The van der Waals surface area contributed by atoms with Gasteiger partial charge in [-0.1, -0.05) is 30.7 Å². The summed E-state index contributed by atoms with van der Waals surface area (Å²) in [5.41, 5.74) is 3.78. The number of carbonyl (C=O) groups is 1. The molecular formula is C32H43ClN2O4S. The number of amides is 1. The molecule has 1 aliphatic carbocycles. The maximum atomic E-state index is 13.2. The number of methoxy groups -OCH3 is 1. The Bertz CT molecular complexity index is 1280. The fraction of sp³-hybridized carbons (Fsp3) is 0.531. The first-order chi connectivity index (χ1) is 19.3. The Balaban J connectivity index is 1.70. The van der Waals surface area contributed by atoms with Crippen molar-refractivity contribution in [2.75, 3.05) is 30.9 Å². The largest absolute Gasteiger partial charge is 0.491 e. The molecule has 4 rings (SSSR count). The standard InChI is InChI=1S/C32H43ClN2O4S/c1-5-8-22(2)21-40(37)34-32(36)25-12-15-31-30(18-25)35(20-27-11-14-29(27)23(3)38-4)19-26-10-13-28(33)17-24(26)9-6-7-16-39-31/h5,10,12-13,15,17-18,22-23,27,29,40H,1,6-9,11,14,16,19-21H2,2-4H3/t22-,23-,27-,29-/m0/s1. The van der Waals surface area contributed by atoms with Gasteiger partial charge < -0.3 is 14.4 Å². The van der Waals surface area contributed by atoms with E-state index in [-0.39, 0.29) is 12.0 Å². The SMILES string of the molecule is C=CC[C@H](C)C/[SH](=O)=N\C(=O)c1ccc2c(c1)N(C[C@@H]1CC[C@H]1[C@H](C)OC)Cc1ccc(Cl)cc1CCCCO2. The van der Waals surface area contributed by atoms with Crippen molar-refractivity contribution in [3.63, 3.8) is 0 Å². The van der Waals surface area contributed by atoms with Gasteiger partial charge in [0.2, 0.25) is 0 Å². The van der Waals surface area contributed by atoms with E-state index in [0.29, 0.717) is 36.3 Å². The first-order valence-corrected chi connectivity index (χ1v) is 16.2. The van der Waals surface area contributed by atoms with Crippen LogP contribution in [0, 0.1) is 17.8 Å². The van der Waals surface area contributed by atoms with E-state index in [1.54, 1.807) is 19.3 Å². The highest BCUT2D eigenvalue weighted by atomic mass is 35.5. The minimum Gasteiger partial charge on any atom is -0.491 e. The smallest absolute Gasteiger partial charge is 0.284 e. The van der Waals surface area contributed by atoms with Crippen molar-refractivity contribution in [1.29, 1.82) is 0 Å². The van der Waals surface area contributed by atoms with Crippen LogP contribution in [0.4, 0.5) is 5.69 Å². The summed E-state index contributed by atoms with van der Waals surface area (Å²) in [5, 5.41) is 0.746. The zero-order valence-corrected chi connectivity index (χ0v) is 25.6. The van der Waals surface area contributed by atoms with E-state index in [2.05, 4.69) is 34.9 Å². The van der Waals surface area contributed by atoms with Gasteiger partial charge in [0.1, 0.15) is 5.75 Å². The van der Waals surface area contributed by atoms with Crippen molar-refractivity contribution >= 4 is 33.8 Å². The Kier molecular flexibility index (Phi) is 11.1. The highest BCUT2D eigenvalue weighted by Gasteiger charge is 2.37. The van der Waals surface area contributed by atoms with Crippen LogP contribution in [0.15, 0.2) is 53.4 Å². The molecule has 2 aromatic carbocycles. The lowest BCUT2D eigenvalue weighted by molar-refractivity contribution is -0.00420. The zero-order valence-electron chi connectivity index (χ0n) is 24.0. The van der Waals surface area contributed by atoms with Crippen LogP contribution in [0.5, 0.6) is 5.75 Å². The van der Waals surface area contributed by atoms with Crippen molar-refractivity contribution in [3.05, 3.63) is 70.8 Å². The Morgan fingerprint density at radius 2 is 2.05 bits per heavy atom. The summed E-state index contributed by atoms with van der Waals surface area (Å²) in [5.74, 6) is 1.78. The predicted octanol–water partition coefficient (Wildman–Crippen LogP) is 7.14. The molecule has 1 fully saturated rings. The molecule has 0 radical (unpaired) electrons. The molecule has 2 aliphatic rings. The minimum atomic E-state index is -1.99. The first-order valence-electron chi connectivity index (χ1n) is 14.4. The van der Waals surface area contributed by atoms with Crippen molar-refractivity contribution in [2.24, 2.45) is 22.1 Å². The zero-order chi connectivity index (χ0) is 28.6. The van der Waals surface area contributed by atoms with E-state index in [1.165, 1.54) is 11.1 Å². The number of benzene rings is 2. The fourth-order valence-corrected chi connectivity index (χ4v) is 7.05. The molecule has 1 saturated carbocycles. The molecule has 1 unspecified atom stereocenters. The third-order valence-corrected chi connectivity index (χ3v) is 9.89. The average Bonchev–Trinajstić information content (AvgIpc) is 2.93. The molecule has 218 valence electrons. The van der Waals surface area contributed by atoms with Crippen LogP contribution in [0.2, 0.25) is 5.02 Å². The Morgan fingerprint density at radius 1 is 1.23 bits per heavy atom. The summed E-state index contributed by atoms with van der Waals surface area (Å²) in [6.07, 6.45) is 7.89. The van der Waals surface area contributed by atoms with Crippen LogP contribution in [-0.2, 0) is 28.3 Å². The number of fused-ring (bicyclic) bond motifs is 2. The van der Waals surface area contributed by atoms with Gasteiger partial charge in [0.05, 0.1) is 18.4 Å². The van der Waals surface area contributed by atoms with E-state index >= 15 is 0 Å². The first kappa shape index (κ1) is 30.6. The number of thiol groups is 1. The highest BCUT2D eigenvalue weighted by molar-refractivity contribution is 7.75. The Labute approximate surface area is 246 Å². The molecular weight excluding hydrogens is 544 g/mol. The van der Waals surface area contributed by atoms with E-state index in [4.69, 9.17) is 21.1 Å². The Morgan fingerprint density at radius 3 is 2.77 bits per heavy atom. The van der Waals surface area contributed by atoms with Crippen LogP contribution in [0.25, 0.3) is 0 Å². The second-order valence-corrected chi connectivity index (χ2v) is 13.0. The molecule has 5 atom stereocenters. The lowest BCUT2D eigenvalue weighted by Gasteiger charge is -2.43. The summed E-state index contributed by atoms with van der Waals surface area (Å²) in [6.45, 7) is 9.97. The number of ether oxygens (including phenoxy) is 2. The van der Waals surface area contributed by atoms with Gasteiger partial charge in [0, 0.05) is 47.1 Å². The van der Waals surface area contributed by atoms with Crippen LogP contribution in [0.3, 0.4) is 0 Å². The minimum absolute atomic E-state index is 0.160. The van der Waals surface area contributed by atoms with Crippen LogP contribution < -0.4 is 9.64 Å². The second-order valence-electron chi connectivity index (χ2n) is 11.3. The summed E-state index contributed by atoms with van der Waals surface area (Å²) in [7, 11) is -0.213. The molecule has 2 aromatic rings. The summed E-state index contributed by atoms with van der Waals surface area (Å²) in [4.78, 5) is 15.5. The molecule has 0 N–H and O–H groups in total. The second kappa shape index (κ2) is 14.5. The van der Waals surface area contributed by atoms with Crippen LogP contribution in [-0.4, -0.2) is 42.2 Å². The van der Waals surface area contributed by atoms with Crippen molar-refractivity contribution < 1.29 is 18.5 Å². The van der Waals surface area contributed by atoms with E-state index in [0.717, 1.165) is 61.5 Å². The number of rotatable bonds is 9. The number of halogens is 1. The topological polar surface area (TPSA) is 68.2 Å². The van der Waals surface area contributed by atoms with Gasteiger partial charge in [-0.25, -0.2) is 0 Å². The number of hydrogen-bond donors (Lipinski definition) is 1. The molecule has 0 aromatic heterocycles. The number of anilines is 1. The number of hydrogen-bond acceptors (Lipinski definition) is 5. The van der Waals surface area contributed by atoms with Gasteiger partial charge in [-0.15, -0.1) is 6.58 Å². The summed E-state index contributed by atoms with van der Waals surface area (Å²) < 4.78 is 28.7. The number of allylic oxidation sites excluding steroid dienone is 1. The predicted molar refractivity (Wildman–Crippen MR) is 165 cm³/mol. The third-order valence-electron chi connectivity index (χ3n) is 8.32. The van der Waals surface area contributed by atoms with Crippen molar-refractivity contribution in [2.45, 2.75) is 65.0 Å². The van der Waals surface area contributed by atoms with Gasteiger partial charge >= 0.3 is 0 Å². The molecule has 0 saturated heterocycles.